The van der Waals surface area contributed by atoms with Crippen LogP contribution < -0.4 is 0 Å². The van der Waals surface area contributed by atoms with Crippen LogP contribution in [0.4, 0.5) is 0 Å². The summed E-state index contributed by atoms with van der Waals surface area (Å²) in [5.74, 6) is -1.84. The van der Waals surface area contributed by atoms with Crippen molar-refractivity contribution in [2.24, 2.45) is 0 Å². The number of hydrogen-bond donors (Lipinski definition) is 3. The molecule has 1 aliphatic rings. The molecule has 1 unspecified atom stereocenters. The van der Waals surface area contributed by atoms with Gasteiger partial charge in [-0.3, -0.25) is 9.59 Å². The predicted molar refractivity (Wildman–Crippen MR) is 69.5 cm³/mol. The summed E-state index contributed by atoms with van der Waals surface area (Å²) in [4.78, 5) is 34.4. The molecular weight excluding hydrogens is 278 g/mol. The number of aromatic carboxylic acids is 1. The molecular formula is C14H9NO6. The highest BCUT2D eigenvalue weighted by atomic mass is 16.5. The van der Waals surface area contributed by atoms with E-state index in [2.05, 4.69) is 0 Å². The van der Waals surface area contributed by atoms with E-state index in [0.717, 1.165) is 12.2 Å². The van der Waals surface area contributed by atoms with Crippen LogP contribution in [0.1, 0.15) is 26.4 Å². The maximum absolute atomic E-state index is 12.0. The molecule has 0 bridgehead atoms. The molecule has 0 radical (unpaired) electrons. The molecule has 0 saturated carbocycles. The third kappa shape index (κ3) is 1.55. The molecule has 3 N–H and O–H groups in total. The fourth-order valence-corrected chi connectivity index (χ4v) is 2.57. The first-order chi connectivity index (χ1) is 9.90. The van der Waals surface area contributed by atoms with Crippen LogP contribution in [-0.4, -0.2) is 38.2 Å². The van der Waals surface area contributed by atoms with E-state index < -0.39 is 17.4 Å². The Bertz CT molecular complexity index is 847. The number of aromatic nitrogens is 1. The van der Waals surface area contributed by atoms with Crippen molar-refractivity contribution in [2.45, 2.75) is 5.60 Å². The second-order valence-electron chi connectivity index (χ2n) is 4.68. The van der Waals surface area contributed by atoms with Gasteiger partial charge in [0.1, 0.15) is 11.2 Å². The second kappa shape index (κ2) is 4.03. The third-order valence-corrected chi connectivity index (χ3v) is 3.49. The number of carboxylic acid groups (broad SMARTS) is 1. The average molecular weight is 287 g/mol. The van der Waals surface area contributed by atoms with Crippen molar-refractivity contribution in [1.29, 1.82) is 0 Å². The minimum Gasteiger partial charge on any atom is -0.478 e. The van der Waals surface area contributed by atoms with Gasteiger partial charge < -0.3 is 15.4 Å². The van der Waals surface area contributed by atoms with Crippen molar-refractivity contribution in [3.8, 4) is 0 Å². The summed E-state index contributed by atoms with van der Waals surface area (Å²) in [5.41, 5.74) is -3.02. The standard InChI is InChI=1S/C14H9NO6/c16-6-14(20)5-4-9(17)10-7-2-1-3-8(13(18)19)11(7)15(21)12(10)14/h1-6,20-21H,(H,18,19). The Kier molecular flexibility index (Phi) is 2.51. The van der Waals surface area contributed by atoms with E-state index in [1.165, 1.54) is 18.2 Å². The molecule has 1 aliphatic carbocycles. The van der Waals surface area contributed by atoms with E-state index in [1.54, 1.807) is 0 Å². The molecule has 0 saturated heterocycles. The Hall–Kier alpha value is -2.93. The van der Waals surface area contributed by atoms with E-state index in [4.69, 9.17) is 5.11 Å². The molecule has 106 valence electrons. The van der Waals surface area contributed by atoms with Crippen LogP contribution in [0.15, 0.2) is 30.4 Å². The first-order valence-electron chi connectivity index (χ1n) is 5.93. The lowest BCUT2D eigenvalue weighted by Crippen LogP contribution is -2.32. The molecule has 0 amide bonds. The summed E-state index contributed by atoms with van der Waals surface area (Å²) in [5, 5.41) is 29.7. The molecule has 0 aliphatic heterocycles. The number of allylic oxidation sites excluding steroid dienone is 1. The van der Waals surface area contributed by atoms with Crippen LogP contribution >= 0.6 is 0 Å². The van der Waals surface area contributed by atoms with Crippen LogP contribution in [0, 0.1) is 0 Å². The first kappa shape index (κ1) is 13.1. The van der Waals surface area contributed by atoms with E-state index in [0.29, 0.717) is 4.73 Å². The van der Waals surface area contributed by atoms with Gasteiger partial charge in [-0.2, -0.15) is 4.73 Å². The minimum atomic E-state index is -2.19. The van der Waals surface area contributed by atoms with Gasteiger partial charge >= 0.3 is 5.97 Å². The van der Waals surface area contributed by atoms with Crippen molar-refractivity contribution in [3.63, 3.8) is 0 Å². The molecule has 1 atom stereocenters. The Morgan fingerprint density at radius 1 is 1.33 bits per heavy atom. The largest absolute Gasteiger partial charge is 0.478 e. The lowest BCUT2D eigenvalue weighted by atomic mass is 9.89. The molecule has 0 fully saturated rings. The Balaban J connectivity index is 2.54. The van der Waals surface area contributed by atoms with Gasteiger partial charge in [0.25, 0.3) is 0 Å². The number of benzene rings is 1. The van der Waals surface area contributed by atoms with Gasteiger partial charge in [-0.25, -0.2) is 4.79 Å². The SMILES string of the molecule is O=CC1(O)C=CC(=O)c2c1n(O)c1c(C(=O)O)cccc21. The molecule has 1 aromatic carbocycles. The number of aliphatic hydroxyl groups is 1. The summed E-state index contributed by atoms with van der Waals surface area (Å²) >= 11 is 0. The van der Waals surface area contributed by atoms with Crippen molar-refractivity contribution in [3.05, 3.63) is 47.2 Å². The normalized spacial score (nSPS) is 20.5. The zero-order valence-electron chi connectivity index (χ0n) is 10.5. The van der Waals surface area contributed by atoms with Crippen molar-refractivity contribution < 1.29 is 29.8 Å². The highest BCUT2D eigenvalue weighted by Crippen LogP contribution is 2.37. The van der Waals surface area contributed by atoms with Crippen molar-refractivity contribution in [2.75, 3.05) is 0 Å². The molecule has 0 spiro atoms. The lowest BCUT2D eigenvalue weighted by Gasteiger charge is -2.22. The highest BCUT2D eigenvalue weighted by molar-refractivity contribution is 6.19. The number of carbonyl (C=O) groups excluding carboxylic acids is 2. The van der Waals surface area contributed by atoms with Crippen molar-refractivity contribution >= 4 is 28.9 Å². The van der Waals surface area contributed by atoms with E-state index in [9.17, 15) is 24.7 Å². The highest BCUT2D eigenvalue weighted by Gasteiger charge is 2.40. The monoisotopic (exact) mass is 287 g/mol. The summed E-state index contributed by atoms with van der Waals surface area (Å²) < 4.78 is 0.393. The van der Waals surface area contributed by atoms with E-state index in [-0.39, 0.29) is 34.0 Å². The third-order valence-electron chi connectivity index (χ3n) is 3.49. The molecule has 3 rings (SSSR count). The summed E-state index contributed by atoms with van der Waals surface area (Å²) in [6.07, 6.45) is 2.14. The maximum Gasteiger partial charge on any atom is 0.337 e. The van der Waals surface area contributed by atoms with Gasteiger partial charge in [-0.05, 0) is 18.2 Å². The topological polar surface area (TPSA) is 117 Å². The summed E-state index contributed by atoms with van der Waals surface area (Å²) in [6.45, 7) is 0. The molecule has 21 heavy (non-hydrogen) atoms. The van der Waals surface area contributed by atoms with Crippen LogP contribution in [0.2, 0.25) is 0 Å². The fraction of sp³-hybridized carbons (Fsp3) is 0.0714. The number of nitrogens with zero attached hydrogens (tertiary/aromatic N) is 1. The number of carbonyl (C=O) groups is 3. The van der Waals surface area contributed by atoms with Crippen molar-refractivity contribution in [1.82, 2.24) is 4.73 Å². The van der Waals surface area contributed by atoms with E-state index >= 15 is 0 Å². The molecule has 1 heterocycles. The second-order valence-corrected chi connectivity index (χ2v) is 4.68. The fourth-order valence-electron chi connectivity index (χ4n) is 2.57. The summed E-state index contributed by atoms with van der Waals surface area (Å²) in [7, 11) is 0. The average Bonchev–Trinajstić information content (AvgIpc) is 2.78. The maximum atomic E-state index is 12.0. The minimum absolute atomic E-state index is 0.0901. The number of hydrogen-bond acceptors (Lipinski definition) is 5. The number of fused-ring (bicyclic) bond motifs is 3. The number of rotatable bonds is 2. The molecule has 7 nitrogen and oxygen atoms in total. The van der Waals surface area contributed by atoms with Crippen LogP contribution in [0.25, 0.3) is 10.9 Å². The van der Waals surface area contributed by atoms with Gasteiger partial charge in [-0.15, -0.1) is 0 Å². The van der Waals surface area contributed by atoms with Gasteiger partial charge in [0.05, 0.1) is 11.1 Å². The molecule has 1 aromatic heterocycles. The number of para-hydroxylation sites is 1. The van der Waals surface area contributed by atoms with E-state index in [1.807, 2.05) is 0 Å². The molecule has 7 heteroatoms. The Morgan fingerprint density at radius 2 is 2.05 bits per heavy atom. The zero-order chi connectivity index (χ0) is 15.4. The number of ketones is 1. The Labute approximate surface area is 117 Å². The number of carboxylic acids is 1. The quantitative estimate of drug-likeness (QED) is 0.553. The lowest BCUT2D eigenvalue weighted by molar-refractivity contribution is -0.121. The zero-order valence-corrected chi connectivity index (χ0v) is 10.5. The molecule has 2 aromatic rings. The van der Waals surface area contributed by atoms with Gasteiger partial charge in [-0.1, -0.05) is 12.1 Å². The smallest absolute Gasteiger partial charge is 0.337 e. The first-order valence-corrected chi connectivity index (χ1v) is 5.93. The van der Waals surface area contributed by atoms with Crippen LogP contribution in [-0.2, 0) is 10.4 Å². The summed E-state index contributed by atoms with van der Waals surface area (Å²) in [6, 6.07) is 4.11. The number of aldehydes is 1. The van der Waals surface area contributed by atoms with Crippen LogP contribution in [0.5, 0.6) is 0 Å². The van der Waals surface area contributed by atoms with Gasteiger partial charge in [0.2, 0.25) is 0 Å². The van der Waals surface area contributed by atoms with Gasteiger partial charge in [0, 0.05) is 5.39 Å². The van der Waals surface area contributed by atoms with Crippen LogP contribution in [0.3, 0.4) is 0 Å². The van der Waals surface area contributed by atoms with Gasteiger partial charge in [0.15, 0.2) is 17.7 Å². The Morgan fingerprint density at radius 3 is 2.67 bits per heavy atom. The predicted octanol–water partition coefficient (Wildman–Crippen LogP) is 0.716.